The molecular weight excluding hydrogens is 425 g/mol. The van der Waals surface area contributed by atoms with E-state index in [1.807, 2.05) is 13.8 Å². The summed E-state index contributed by atoms with van der Waals surface area (Å²) in [5.41, 5.74) is 2.45. The van der Waals surface area contributed by atoms with E-state index in [1.165, 1.54) is 12.1 Å². The van der Waals surface area contributed by atoms with Crippen LogP contribution in [0.1, 0.15) is 83.1 Å². The van der Waals surface area contributed by atoms with Gasteiger partial charge in [0, 0.05) is 24.5 Å². The summed E-state index contributed by atoms with van der Waals surface area (Å²) in [6, 6.07) is 4.16. The van der Waals surface area contributed by atoms with Gasteiger partial charge < -0.3 is 20.3 Å². The van der Waals surface area contributed by atoms with E-state index >= 15 is 0 Å². The molecule has 0 aliphatic heterocycles. The number of anilines is 1. The van der Waals surface area contributed by atoms with Crippen molar-refractivity contribution >= 4 is 23.3 Å². The van der Waals surface area contributed by atoms with Crippen molar-refractivity contribution in [3.05, 3.63) is 52.1 Å². The second-order valence-electron chi connectivity index (χ2n) is 9.16. The lowest BCUT2D eigenvalue weighted by atomic mass is 9.92. The molecule has 1 aromatic heterocycles. The van der Waals surface area contributed by atoms with Crippen molar-refractivity contribution in [1.82, 2.24) is 9.88 Å². The first-order valence-corrected chi connectivity index (χ1v) is 11.3. The van der Waals surface area contributed by atoms with Gasteiger partial charge in [0.2, 0.25) is 0 Å². The molecule has 2 aromatic rings. The van der Waals surface area contributed by atoms with Gasteiger partial charge >= 0.3 is 0 Å². The number of Topliss-reactive ketones (excluding diaryl/α,β-unsaturated/α-hetero) is 1. The van der Waals surface area contributed by atoms with Crippen LogP contribution in [0.2, 0.25) is 0 Å². The number of ketones is 1. The molecule has 8 heteroatoms. The number of nitrogens with one attached hydrogen (secondary N) is 2. The third-order valence-electron chi connectivity index (χ3n) is 6.40. The van der Waals surface area contributed by atoms with Crippen molar-refractivity contribution in [2.75, 3.05) is 5.32 Å². The van der Waals surface area contributed by atoms with Gasteiger partial charge in [-0.2, -0.15) is 0 Å². The lowest BCUT2D eigenvalue weighted by Crippen LogP contribution is -2.42. The Morgan fingerprint density at radius 2 is 1.76 bits per heavy atom. The van der Waals surface area contributed by atoms with E-state index in [0.717, 1.165) is 0 Å². The second kappa shape index (κ2) is 9.87. The van der Waals surface area contributed by atoms with Crippen LogP contribution in [-0.4, -0.2) is 39.4 Å². The quantitative estimate of drug-likeness (QED) is 0.454. The van der Waals surface area contributed by atoms with Gasteiger partial charge in [-0.3, -0.25) is 14.4 Å². The highest BCUT2D eigenvalue weighted by Crippen LogP contribution is 2.30. The molecular formula is C25H32FN3O4. The first-order valence-electron chi connectivity index (χ1n) is 11.3. The van der Waals surface area contributed by atoms with Crippen molar-refractivity contribution in [3.63, 3.8) is 0 Å². The maximum Gasteiger partial charge on any atom is 0.294 e. The van der Waals surface area contributed by atoms with Crippen LogP contribution in [0.4, 0.5) is 10.1 Å². The molecule has 33 heavy (non-hydrogen) atoms. The van der Waals surface area contributed by atoms with Crippen LogP contribution >= 0.6 is 0 Å². The van der Waals surface area contributed by atoms with Crippen LogP contribution in [0, 0.1) is 19.7 Å². The van der Waals surface area contributed by atoms with Crippen molar-refractivity contribution < 1.29 is 23.9 Å². The topological polar surface area (TPSA) is 100 Å². The standard InChI is InChI=1S/C25H32FN3O4/c1-13(2)20-21(24(32)28-17-8-11-19(26)14(3)12-17)15(4)29(5)22(20)23(31)25(33)27-16-6-9-18(30)10-7-16/h8,11-13,16,18,30H,6-7,9-10H2,1-5H3,(H,27,33)(H,28,32)/t16-,18+. The Bertz CT molecular complexity index is 1080. The number of halogens is 1. The predicted octanol–water partition coefficient (Wildman–Crippen LogP) is 3.76. The van der Waals surface area contributed by atoms with E-state index in [2.05, 4.69) is 10.6 Å². The molecule has 1 fully saturated rings. The summed E-state index contributed by atoms with van der Waals surface area (Å²) in [6.07, 6.45) is 2.06. The highest BCUT2D eigenvalue weighted by atomic mass is 19.1. The Balaban J connectivity index is 1.90. The summed E-state index contributed by atoms with van der Waals surface area (Å²) in [7, 11) is 1.66. The third kappa shape index (κ3) is 5.16. The third-order valence-corrected chi connectivity index (χ3v) is 6.40. The highest BCUT2D eigenvalue weighted by Gasteiger charge is 2.33. The molecule has 0 radical (unpaired) electrons. The minimum absolute atomic E-state index is 0.154. The van der Waals surface area contributed by atoms with Gasteiger partial charge in [-0.25, -0.2) is 4.39 Å². The van der Waals surface area contributed by atoms with Gasteiger partial charge in [0.15, 0.2) is 0 Å². The zero-order chi connectivity index (χ0) is 24.4. The number of carbonyl (C=O) groups is 3. The van der Waals surface area contributed by atoms with Crippen molar-refractivity contribution in [2.24, 2.45) is 7.05 Å². The summed E-state index contributed by atoms with van der Waals surface area (Å²) < 4.78 is 15.2. The Morgan fingerprint density at radius 3 is 2.33 bits per heavy atom. The van der Waals surface area contributed by atoms with Crippen LogP contribution in [0.15, 0.2) is 18.2 Å². The molecule has 0 unspecified atom stereocenters. The van der Waals surface area contributed by atoms with Gasteiger partial charge in [0.05, 0.1) is 17.4 Å². The molecule has 1 aromatic carbocycles. The molecule has 3 rings (SSSR count). The number of aryl methyl sites for hydroxylation is 1. The van der Waals surface area contributed by atoms with Gasteiger partial charge in [-0.05, 0) is 74.8 Å². The number of rotatable bonds is 6. The largest absolute Gasteiger partial charge is 0.393 e. The summed E-state index contributed by atoms with van der Waals surface area (Å²) >= 11 is 0. The van der Waals surface area contributed by atoms with Crippen molar-refractivity contribution in [2.45, 2.75) is 71.4 Å². The molecule has 0 saturated heterocycles. The summed E-state index contributed by atoms with van der Waals surface area (Å²) in [4.78, 5) is 39.2. The number of aliphatic hydroxyl groups is 1. The molecule has 1 saturated carbocycles. The molecule has 1 aliphatic rings. The maximum absolute atomic E-state index is 13.6. The fraction of sp³-hybridized carbons (Fsp3) is 0.480. The zero-order valence-corrected chi connectivity index (χ0v) is 19.8. The van der Waals surface area contributed by atoms with E-state index in [-0.39, 0.29) is 29.6 Å². The lowest BCUT2D eigenvalue weighted by Gasteiger charge is -2.26. The lowest BCUT2D eigenvalue weighted by molar-refractivity contribution is -0.118. The first-order chi connectivity index (χ1) is 15.5. The fourth-order valence-electron chi connectivity index (χ4n) is 4.45. The molecule has 1 heterocycles. The minimum Gasteiger partial charge on any atom is -0.393 e. The smallest absolute Gasteiger partial charge is 0.294 e. The monoisotopic (exact) mass is 457 g/mol. The molecule has 0 atom stereocenters. The minimum atomic E-state index is -0.708. The molecule has 1 aliphatic carbocycles. The van der Waals surface area contributed by atoms with E-state index in [1.54, 1.807) is 31.5 Å². The average Bonchev–Trinajstić information content (AvgIpc) is 3.03. The molecule has 2 amide bonds. The number of hydrogen-bond donors (Lipinski definition) is 3. The molecule has 3 N–H and O–H groups in total. The molecule has 7 nitrogen and oxygen atoms in total. The zero-order valence-electron chi connectivity index (χ0n) is 19.8. The van der Waals surface area contributed by atoms with Crippen molar-refractivity contribution in [1.29, 1.82) is 0 Å². The Morgan fingerprint density at radius 1 is 1.12 bits per heavy atom. The van der Waals surface area contributed by atoms with Gasteiger partial charge in [-0.15, -0.1) is 0 Å². The summed E-state index contributed by atoms with van der Waals surface area (Å²) in [5.74, 6) is -2.37. The number of aromatic nitrogens is 1. The number of aliphatic hydroxyl groups excluding tert-OH is 1. The van der Waals surface area contributed by atoms with Crippen LogP contribution < -0.4 is 10.6 Å². The summed E-state index contributed by atoms with van der Waals surface area (Å²) in [6.45, 7) is 7.07. The summed E-state index contributed by atoms with van der Waals surface area (Å²) in [5, 5.41) is 15.2. The number of carbonyl (C=O) groups excluding carboxylic acids is 3. The van der Waals surface area contributed by atoms with Gasteiger partial charge in [-0.1, -0.05) is 13.8 Å². The Labute approximate surface area is 193 Å². The van der Waals surface area contributed by atoms with Crippen LogP contribution in [0.25, 0.3) is 0 Å². The first kappa shape index (κ1) is 24.6. The number of hydrogen-bond acceptors (Lipinski definition) is 4. The van der Waals surface area contributed by atoms with Gasteiger partial charge in [0.1, 0.15) is 5.82 Å². The van der Waals surface area contributed by atoms with Crippen LogP contribution in [0.5, 0.6) is 0 Å². The molecule has 178 valence electrons. The number of amides is 2. The number of nitrogens with zero attached hydrogens (tertiary/aromatic N) is 1. The Hall–Kier alpha value is -3.00. The normalized spacial score (nSPS) is 18.3. The van der Waals surface area contributed by atoms with E-state index in [9.17, 15) is 23.9 Å². The number of benzene rings is 1. The van der Waals surface area contributed by atoms with E-state index in [0.29, 0.717) is 53.8 Å². The van der Waals surface area contributed by atoms with Gasteiger partial charge in [0.25, 0.3) is 17.6 Å². The maximum atomic E-state index is 13.6. The average molecular weight is 458 g/mol. The van der Waals surface area contributed by atoms with Crippen molar-refractivity contribution in [3.8, 4) is 0 Å². The van der Waals surface area contributed by atoms with E-state index in [4.69, 9.17) is 0 Å². The fourth-order valence-corrected chi connectivity index (χ4v) is 4.45. The molecule has 0 bridgehead atoms. The van der Waals surface area contributed by atoms with E-state index < -0.39 is 17.6 Å². The van der Waals surface area contributed by atoms with Crippen LogP contribution in [0.3, 0.4) is 0 Å². The molecule has 0 spiro atoms. The highest BCUT2D eigenvalue weighted by molar-refractivity contribution is 6.43. The SMILES string of the molecule is Cc1cc(NC(=O)c2c(C(C)C)c(C(=O)C(=O)N[C@H]3CC[C@@H](O)CC3)n(C)c2C)ccc1F. The second-order valence-corrected chi connectivity index (χ2v) is 9.16. The Kier molecular flexibility index (Phi) is 7.37. The predicted molar refractivity (Wildman–Crippen MR) is 124 cm³/mol. The van der Waals surface area contributed by atoms with Crippen LogP contribution in [-0.2, 0) is 11.8 Å².